The molecule has 0 aliphatic carbocycles. The molecule has 0 aliphatic heterocycles. The molecule has 2 aromatic heterocycles. The topological polar surface area (TPSA) is 72.8 Å². The van der Waals surface area contributed by atoms with Crippen LogP contribution < -0.4 is 11.6 Å². The highest BCUT2D eigenvalue weighted by Crippen LogP contribution is 2.18. The van der Waals surface area contributed by atoms with Gasteiger partial charge >= 0.3 is 0 Å². The highest BCUT2D eigenvalue weighted by molar-refractivity contribution is 5.88. The van der Waals surface area contributed by atoms with Crippen molar-refractivity contribution < 1.29 is 0 Å². The van der Waals surface area contributed by atoms with Crippen molar-refractivity contribution in [2.24, 2.45) is 0 Å². The number of nitrogens with one attached hydrogen (secondary N) is 1. The Morgan fingerprint density at radius 1 is 1.50 bits per heavy atom. The SMILES string of the molecule is Nc1c[nH]c2ccn(N)c12. The second kappa shape index (κ2) is 1.47. The minimum atomic E-state index is 0.683. The molecule has 52 valence electrons. The lowest BCUT2D eigenvalue weighted by atomic mass is 10.4. The Labute approximate surface area is 57.4 Å². The molecular formula is C6H8N4. The standard InChI is InChI=1S/C6H8N4/c7-4-3-9-5-1-2-10(8)6(4)5/h1-3,9H,7-8H2. The van der Waals surface area contributed by atoms with Gasteiger partial charge in [-0.25, -0.2) is 0 Å². The van der Waals surface area contributed by atoms with Gasteiger partial charge in [-0.2, -0.15) is 0 Å². The molecule has 0 aromatic carbocycles. The fraction of sp³-hybridized carbons (Fsp3) is 0. The Morgan fingerprint density at radius 2 is 2.30 bits per heavy atom. The fourth-order valence-electron chi connectivity index (χ4n) is 1.09. The summed E-state index contributed by atoms with van der Waals surface area (Å²) in [6, 6.07) is 1.88. The van der Waals surface area contributed by atoms with Crippen LogP contribution in [0.5, 0.6) is 0 Å². The van der Waals surface area contributed by atoms with Gasteiger partial charge in [-0.3, -0.25) is 4.68 Å². The zero-order chi connectivity index (χ0) is 7.14. The van der Waals surface area contributed by atoms with Crippen molar-refractivity contribution >= 4 is 16.7 Å². The second-order valence-electron chi connectivity index (χ2n) is 2.23. The lowest BCUT2D eigenvalue weighted by Gasteiger charge is -1.91. The normalized spacial score (nSPS) is 10.8. The third-order valence-corrected chi connectivity index (χ3v) is 1.57. The van der Waals surface area contributed by atoms with E-state index in [-0.39, 0.29) is 0 Å². The van der Waals surface area contributed by atoms with E-state index in [1.54, 1.807) is 12.4 Å². The number of aromatic nitrogens is 2. The molecule has 0 atom stereocenters. The summed E-state index contributed by atoms with van der Waals surface area (Å²) in [6.07, 6.45) is 3.49. The van der Waals surface area contributed by atoms with Crippen molar-refractivity contribution in [3.05, 3.63) is 18.5 Å². The van der Waals surface area contributed by atoms with Gasteiger partial charge in [0.1, 0.15) is 5.52 Å². The van der Waals surface area contributed by atoms with Crippen molar-refractivity contribution in [3.63, 3.8) is 0 Å². The number of fused-ring (bicyclic) bond motifs is 1. The van der Waals surface area contributed by atoms with Crippen LogP contribution in [0.15, 0.2) is 18.5 Å². The van der Waals surface area contributed by atoms with Gasteiger partial charge in [0.15, 0.2) is 0 Å². The zero-order valence-electron chi connectivity index (χ0n) is 5.33. The highest BCUT2D eigenvalue weighted by atomic mass is 15.3. The molecule has 0 aliphatic rings. The van der Waals surface area contributed by atoms with Crippen LogP contribution in [0.1, 0.15) is 0 Å². The molecule has 10 heavy (non-hydrogen) atoms. The first-order valence-electron chi connectivity index (χ1n) is 2.98. The third-order valence-electron chi connectivity index (χ3n) is 1.57. The molecule has 2 rings (SSSR count). The van der Waals surface area contributed by atoms with Gasteiger partial charge in [-0.15, -0.1) is 0 Å². The van der Waals surface area contributed by atoms with Crippen LogP contribution in [0.2, 0.25) is 0 Å². The highest BCUT2D eigenvalue weighted by Gasteiger charge is 2.02. The van der Waals surface area contributed by atoms with Gasteiger partial charge in [0.25, 0.3) is 0 Å². The van der Waals surface area contributed by atoms with Crippen molar-refractivity contribution in [2.75, 3.05) is 11.6 Å². The van der Waals surface area contributed by atoms with Crippen LogP contribution in [-0.4, -0.2) is 9.66 Å². The molecule has 5 N–H and O–H groups in total. The van der Waals surface area contributed by atoms with Gasteiger partial charge in [-0.05, 0) is 6.07 Å². The quantitative estimate of drug-likeness (QED) is 0.455. The predicted molar refractivity (Wildman–Crippen MR) is 40.9 cm³/mol. The predicted octanol–water partition coefficient (Wildman–Crippen LogP) is 0.265. The molecule has 0 amide bonds. The van der Waals surface area contributed by atoms with Crippen molar-refractivity contribution in [3.8, 4) is 0 Å². The summed E-state index contributed by atoms with van der Waals surface area (Å²) in [7, 11) is 0. The Morgan fingerprint density at radius 3 is 3.00 bits per heavy atom. The van der Waals surface area contributed by atoms with Crippen LogP contribution in [0.4, 0.5) is 5.69 Å². The van der Waals surface area contributed by atoms with Crippen LogP contribution in [0.25, 0.3) is 11.0 Å². The summed E-state index contributed by atoms with van der Waals surface area (Å²) in [6.45, 7) is 0. The molecule has 2 heterocycles. The number of rotatable bonds is 0. The maximum absolute atomic E-state index is 5.59. The van der Waals surface area contributed by atoms with Gasteiger partial charge in [0.05, 0.1) is 11.2 Å². The first-order chi connectivity index (χ1) is 4.79. The molecule has 0 radical (unpaired) electrons. The summed E-state index contributed by atoms with van der Waals surface area (Å²) in [4.78, 5) is 2.98. The summed E-state index contributed by atoms with van der Waals surface area (Å²) in [5.41, 5.74) is 8.11. The van der Waals surface area contributed by atoms with E-state index in [4.69, 9.17) is 11.6 Å². The smallest absolute Gasteiger partial charge is 0.110 e. The third kappa shape index (κ3) is 0.452. The van der Waals surface area contributed by atoms with E-state index >= 15 is 0 Å². The number of hydrogen-bond acceptors (Lipinski definition) is 2. The molecule has 0 bridgehead atoms. The summed E-state index contributed by atoms with van der Waals surface area (Å²) >= 11 is 0. The monoisotopic (exact) mass is 136 g/mol. The van der Waals surface area contributed by atoms with Crippen molar-refractivity contribution in [1.82, 2.24) is 9.66 Å². The number of aromatic amines is 1. The van der Waals surface area contributed by atoms with E-state index in [1.165, 1.54) is 4.68 Å². The Hall–Kier alpha value is -1.58. The Kier molecular flexibility index (Phi) is 0.768. The molecule has 4 nitrogen and oxygen atoms in total. The van der Waals surface area contributed by atoms with Crippen LogP contribution in [-0.2, 0) is 0 Å². The van der Waals surface area contributed by atoms with E-state index in [2.05, 4.69) is 4.98 Å². The maximum Gasteiger partial charge on any atom is 0.110 e. The van der Waals surface area contributed by atoms with Gasteiger partial charge < -0.3 is 16.6 Å². The van der Waals surface area contributed by atoms with E-state index in [0.717, 1.165) is 11.0 Å². The molecule has 0 unspecified atom stereocenters. The number of hydrogen-bond donors (Lipinski definition) is 3. The number of anilines is 1. The number of nitrogens with zero attached hydrogens (tertiary/aromatic N) is 1. The first kappa shape index (κ1) is 5.22. The van der Waals surface area contributed by atoms with Crippen LogP contribution >= 0.6 is 0 Å². The summed E-state index contributed by atoms with van der Waals surface area (Å²) < 4.78 is 1.50. The average Bonchev–Trinajstić information content (AvgIpc) is 2.40. The first-order valence-corrected chi connectivity index (χ1v) is 2.98. The van der Waals surface area contributed by atoms with E-state index < -0.39 is 0 Å². The second-order valence-corrected chi connectivity index (χ2v) is 2.23. The lowest BCUT2D eigenvalue weighted by Crippen LogP contribution is -2.05. The average molecular weight is 136 g/mol. The molecule has 0 spiro atoms. The molecule has 0 fully saturated rings. The van der Waals surface area contributed by atoms with Gasteiger partial charge in [-0.1, -0.05) is 0 Å². The minimum Gasteiger partial charge on any atom is -0.396 e. The molecule has 2 aromatic rings. The molecule has 0 saturated carbocycles. The van der Waals surface area contributed by atoms with E-state index in [9.17, 15) is 0 Å². The maximum atomic E-state index is 5.59. The van der Waals surface area contributed by atoms with E-state index in [0.29, 0.717) is 5.69 Å². The van der Waals surface area contributed by atoms with E-state index in [1.807, 2.05) is 6.07 Å². The molecular weight excluding hydrogens is 128 g/mol. The largest absolute Gasteiger partial charge is 0.396 e. The molecule has 0 saturated heterocycles. The minimum absolute atomic E-state index is 0.683. The number of nitrogens with two attached hydrogens (primary N) is 2. The van der Waals surface area contributed by atoms with Crippen molar-refractivity contribution in [2.45, 2.75) is 0 Å². The van der Waals surface area contributed by atoms with Crippen molar-refractivity contribution in [1.29, 1.82) is 0 Å². The number of H-pyrrole nitrogens is 1. The van der Waals surface area contributed by atoms with Gasteiger partial charge in [0.2, 0.25) is 0 Å². The Bertz CT molecular complexity index is 325. The molecule has 4 heteroatoms. The fourth-order valence-corrected chi connectivity index (χ4v) is 1.09. The number of nitrogen functional groups attached to an aromatic ring is 2. The summed E-state index contributed by atoms with van der Waals surface area (Å²) in [5.74, 6) is 5.54. The lowest BCUT2D eigenvalue weighted by molar-refractivity contribution is 1.07. The zero-order valence-corrected chi connectivity index (χ0v) is 5.33. The Balaban J connectivity index is 2.98. The summed E-state index contributed by atoms with van der Waals surface area (Å²) in [5, 5.41) is 0. The van der Waals surface area contributed by atoms with Crippen LogP contribution in [0, 0.1) is 0 Å². The van der Waals surface area contributed by atoms with Gasteiger partial charge in [0, 0.05) is 12.4 Å². The van der Waals surface area contributed by atoms with Crippen LogP contribution in [0.3, 0.4) is 0 Å².